The Morgan fingerprint density at radius 1 is 1.50 bits per heavy atom. The second-order valence-electron chi connectivity index (χ2n) is 4.07. The normalized spacial score (nSPS) is 12.4. The van der Waals surface area contributed by atoms with Crippen LogP contribution in [0, 0.1) is 0 Å². The van der Waals surface area contributed by atoms with E-state index in [4.69, 9.17) is 5.11 Å². The number of carboxylic acids is 1. The van der Waals surface area contributed by atoms with Gasteiger partial charge in [0.05, 0.1) is 0 Å². The van der Waals surface area contributed by atoms with E-state index in [2.05, 4.69) is 19.9 Å². The van der Waals surface area contributed by atoms with Crippen molar-refractivity contribution >= 4 is 30.7 Å². The quantitative estimate of drug-likeness (QED) is 0.817. The minimum atomic E-state index is -0.817. The Bertz CT molecular complexity index is 350. The van der Waals surface area contributed by atoms with Crippen LogP contribution in [0.5, 0.6) is 0 Å². The second-order valence-corrected chi connectivity index (χ2v) is 9.36. The van der Waals surface area contributed by atoms with E-state index in [1.54, 1.807) is 6.07 Å². The number of hydrogen-bond donors (Lipinski definition) is 1. The van der Waals surface area contributed by atoms with E-state index in [0.717, 1.165) is 3.93 Å². The van der Waals surface area contributed by atoms with Gasteiger partial charge in [-0.3, -0.25) is 0 Å². The van der Waals surface area contributed by atoms with Gasteiger partial charge < -0.3 is 0 Å². The summed E-state index contributed by atoms with van der Waals surface area (Å²) in [6, 6.07) is 7.48. The SMILES string of the molecule is CCCC[CH](C)[Sn][c]1cccc(C(=O)O)c1. The van der Waals surface area contributed by atoms with E-state index in [0.29, 0.717) is 5.56 Å². The molecule has 1 atom stereocenters. The Morgan fingerprint density at radius 3 is 2.88 bits per heavy atom. The van der Waals surface area contributed by atoms with Crippen LogP contribution in [0.25, 0.3) is 0 Å². The summed E-state index contributed by atoms with van der Waals surface area (Å²) in [6.07, 6.45) is 3.83. The van der Waals surface area contributed by atoms with E-state index in [1.165, 1.54) is 22.8 Å². The molecule has 0 spiro atoms. The van der Waals surface area contributed by atoms with Crippen LogP contribution in [0.3, 0.4) is 0 Å². The maximum atomic E-state index is 10.8. The molecule has 0 saturated heterocycles. The molecule has 1 aromatic rings. The third-order valence-electron chi connectivity index (χ3n) is 2.51. The van der Waals surface area contributed by atoms with E-state index >= 15 is 0 Å². The van der Waals surface area contributed by atoms with Crippen LogP contribution in [0.15, 0.2) is 24.3 Å². The van der Waals surface area contributed by atoms with Gasteiger partial charge in [-0.1, -0.05) is 0 Å². The fourth-order valence-electron chi connectivity index (χ4n) is 1.61. The average Bonchev–Trinajstić information content (AvgIpc) is 2.26. The number of unbranched alkanes of at least 4 members (excludes halogenated alkanes) is 1. The van der Waals surface area contributed by atoms with Crippen molar-refractivity contribution in [1.82, 2.24) is 0 Å². The van der Waals surface area contributed by atoms with E-state index < -0.39 is 27.1 Å². The molecular formula is C13H18O2Sn. The van der Waals surface area contributed by atoms with Crippen molar-refractivity contribution in [3.63, 3.8) is 0 Å². The zero-order chi connectivity index (χ0) is 12.0. The molecule has 86 valence electrons. The second kappa shape index (κ2) is 6.94. The molecule has 1 N–H and O–H groups in total. The van der Waals surface area contributed by atoms with Crippen LogP contribution in [0.1, 0.15) is 43.5 Å². The van der Waals surface area contributed by atoms with Crippen molar-refractivity contribution in [3.8, 4) is 0 Å². The van der Waals surface area contributed by atoms with Gasteiger partial charge in [0, 0.05) is 0 Å². The van der Waals surface area contributed by atoms with Gasteiger partial charge in [0.1, 0.15) is 0 Å². The zero-order valence-electron chi connectivity index (χ0n) is 9.86. The van der Waals surface area contributed by atoms with Gasteiger partial charge in [-0.2, -0.15) is 0 Å². The van der Waals surface area contributed by atoms with Crippen molar-refractivity contribution in [2.24, 2.45) is 0 Å². The van der Waals surface area contributed by atoms with Crippen molar-refractivity contribution in [1.29, 1.82) is 0 Å². The molecule has 0 bridgehead atoms. The summed E-state index contributed by atoms with van der Waals surface area (Å²) in [5, 5.41) is 8.90. The first-order valence-corrected chi connectivity index (χ1v) is 8.81. The van der Waals surface area contributed by atoms with Crippen LogP contribution < -0.4 is 3.58 Å². The Kier molecular flexibility index (Phi) is 5.88. The van der Waals surface area contributed by atoms with Crippen LogP contribution in [-0.4, -0.2) is 32.2 Å². The van der Waals surface area contributed by atoms with Crippen molar-refractivity contribution in [2.75, 3.05) is 0 Å². The number of carbonyl (C=O) groups is 1. The molecule has 0 aliphatic carbocycles. The number of rotatable bonds is 6. The van der Waals surface area contributed by atoms with E-state index in [9.17, 15) is 4.79 Å². The first-order chi connectivity index (χ1) is 7.63. The number of benzene rings is 1. The van der Waals surface area contributed by atoms with Gasteiger partial charge in [0.15, 0.2) is 0 Å². The maximum absolute atomic E-state index is 10.8. The van der Waals surface area contributed by atoms with Crippen LogP contribution in [0.2, 0.25) is 3.93 Å². The fraction of sp³-hybridized carbons (Fsp3) is 0.462. The summed E-state index contributed by atoms with van der Waals surface area (Å²) < 4.78 is 2.10. The molecule has 3 heteroatoms. The summed E-state index contributed by atoms with van der Waals surface area (Å²) in [6.45, 7) is 4.51. The summed E-state index contributed by atoms with van der Waals surface area (Å²) in [7, 11) is 0. The standard InChI is InChI=1S/C7H5O2.C6H13.Sn/c8-7(9)6-4-2-1-3-5-6;1-3-5-6-4-2;/h1-2,4-5H,(H,8,9);3H,4-6H2,1-2H3;. The Labute approximate surface area is 107 Å². The van der Waals surface area contributed by atoms with Gasteiger partial charge >= 0.3 is 107 Å². The van der Waals surface area contributed by atoms with Crippen LogP contribution >= 0.6 is 0 Å². The molecule has 0 fully saturated rings. The summed E-state index contributed by atoms with van der Waals surface area (Å²) in [5.74, 6) is -0.817. The van der Waals surface area contributed by atoms with E-state index in [-0.39, 0.29) is 0 Å². The molecule has 1 aromatic carbocycles. The molecule has 0 amide bonds. The summed E-state index contributed by atoms with van der Waals surface area (Å²) in [4.78, 5) is 10.8. The molecule has 2 nitrogen and oxygen atoms in total. The molecule has 2 radical (unpaired) electrons. The monoisotopic (exact) mass is 326 g/mol. The predicted octanol–water partition coefficient (Wildman–Crippen LogP) is 2.71. The van der Waals surface area contributed by atoms with Crippen LogP contribution in [-0.2, 0) is 0 Å². The van der Waals surface area contributed by atoms with Gasteiger partial charge in [-0.05, 0) is 0 Å². The van der Waals surface area contributed by atoms with E-state index in [1.807, 2.05) is 12.1 Å². The first kappa shape index (κ1) is 13.6. The van der Waals surface area contributed by atoms with Gasteiger partial charge in [0.25, 0.3) is 0 Å². The molecule has 1 unspecified atom stereocenters. The first-order valence-electron chi connectivity index (χ1n) is 5.73. The topological polar surface area (TPSA) is 37.3 Å². The Balaban J connectivity index is 2.59. The summed E-state index contributed by atoms with van der Waals surface area (Å²) in [5.41, 5.74) is 0.432. The van der Waals surface area contributed by atoms with Crippen molar-refractivity contribution < 1.29 is 9.90 Å². The number of aromatic carboxylic acids is 1. The Hall–Kier alpha value is -0.511. The molecule has 0 aliphatic rings. The molecule has 0 heterocycles. The molecule has 16 heavy (non-hydrogen) atoms. The fourth-order valence-corrected chi connectivity index (χ4v) is 5.46. The van der Waals surface area contributed by atoms with Gasteiger partial charge in [0.2, 0.25) is 0 Å². The molecular weight excluding hydrogens is 307 g/mol. The predicted molar refractivity (Wildman–Crippen MR) is 67.7 cm³/mol. The van der Waals surface area contributed by atoms with Gasteiger partial charge in [-0.25, -0.2) is 0 Å². The molecule has 1 rings (SSSR count). The van der Waals surface area contributed by atoms with Gasteiger partial charge in [-0.15, -0.1) is 0 Å². The Morgan fingerprint density at radius 2 is 2.25 bits per heavy atom. The average molecular weight is 325 g/mol. The minimum absolute atomic E-state index is 0.432. The van der Waals surface area contributed by atoms with Crippen LogP contribution in [0.4, 0.5) is 0 Å². The molecule has 0 aromatic heterocycles. The molecule has 0 saturated carbocycles. The zero-order valence-corrected chi connectivity index (χ0v) is 12.7. The number of carboxylic acid groups (broad SMARTS) is 1. The van der Waals surface area contributed by atoms with Crippen molar-refractivity contribution in [3.05, 3.63) is 29.8 Å². The third-order valence-corrected chi connectivity index (χ3v) is 6.58. The molecule has 0 aliphatic heterocycles. The third kappa shape index (κ3) is 4.56. The number of hydrogen-bond acceptors (Lipinski definition) is 1. The summed E-state index contributed by atoms with van der Waals surface area (Å²) >= 11 is -0.615. The van der Waals surface area contributed by atoms with Crippen molar-refractivity contribution in [2.45, 2.75) is 37.0 Å².